The standard InChI is InChI=1S/C24H25FN2O2/c25-20-5-7-21(8-6-20)29-24-10-18-14-27(13-17(18)9-23(24)28)15-19-12-26-11-16-3-1-2-4-22(16)19/h1-8,11-12,17-18,23-24,28H,9-10,13-15H2/t17-,18+,23+,24+/m0/s1. The Bertz CT molecular complexity index is 988. The lowest BCUT2D eigenvalue weighted by Crippen LogP contribution is -2.42. The molecule has 1 saturated carbocycles. The van der Waals surface area contributed by atoms with E-state index in [1.807, 2.05) is 18.5 Å². The van der Waals surface area contributed by atoms with Crippen molar-refractivity contribution in [3.05, 3.63) is 72.3 Å². The molecule has 2 fully saturated rings. The number of pyridine rings is 1. The van der Waals surface area contributed by atoms with E-state index in [4.69, 9.17) is 4.74 Å². The van der Waals surface area contributed by atoms with Gasteiger partial charge in [0.1, 0.15) is 17.7 Å². The third-order valence-electron chi connectivity index (χ3n) is 6.41. The molecule has 1 aromatic heterocycles. The number of aromatic nitrogens is 1. The van der Waals surface area contributed by atoms with Gasteiger partial charge in [-0.15, -0.1) is 0 Å². The summed E-state index contributed by atoms with van der Waals surface area (Å²) in [6.45, 7) is 2.87. The molecule has 0 amide bonds. The van der Waals surface area contributed by atoms with Crippen LogP contribution in [0.4, 0.5) is 4.39 Å². The fourth-order valence-electron chi connectivity index (χ4n) is 4.98. The van der Waals surface area contributed by atoms with Crippen LogP contribution in [0.5, 0.6) is 5.75 Å². The molecule has 2 aromatic carbocycles. The SMILES string of the molecule is O[C@@H]1C[C@H]2CN(Cc3cncc4ccccc34)C[C@H]2C[C@H]1Oc1ccc(F)cc1. The van der Waals surface area contributed by atoms with Crippen LogP contribution < -0.4 is 4.74 Å². The number of hydrogen-bond acceptors (Lipinski definition) is 4. The molecule has 1 saturated heterocycles. The first kappa shape index (κ1) is 18.5. The molecule has 150 valence electrons. The van der Waals surface area contributed by atoms with Crippen molar-refractivity contribution >= 4 is 10.8 Å². The van der Waals surface area contributed by atoms with Gasteiger partial charge in [-0.1, -0.05) is 24.3 Å². The number of hydrogen-bond donors (Lipinski definition) is 1. The normalized spacial score (nSPS) is 27.1. The van der Waals surface area contributed by atoms with E-state index in [1.54, 1.807) is 12.1 Å². The van der Waals surface area contributed by atoms with Gasteiger partial charge in [0.25, 0.3) is 0 Å². The van der Waals surface area contributed by atoms with Gasteiger partial charge in [0, 0.05) is 37.4 Å². The van der Waals surface area contributed by atoms with E-state index in [9.17, 15) is 9.50 Å². The predicted octanol–water partition coefficient (Wildman–Crippen LogP) is 4.02. The lowest BCUT2D eigenvalue weighted by Gasteiger charge is -2.35. The van der Waals surface area contributed by atoms with Gasteiger partial charge in [-0.2, -0.15) is 0 Å². The Morgan fingerprint density at radius 3 is 2.59 bits per heavy atom. The van der Waals surface area contributed by atoms with Gasteiger partial charge in [0.05, 0.1) is 6.10 Å². The summed E-state index contributed by atoms with van der Waals surface area (Å²) in [5, 5.41) is 13.1. The summed E-state index contributed by atoms with van der Waals surface area (Å²) in [5.41, 5.74) is 1.25. The molecule has 4 nitrogen and oxygen atoms in total. The second-order valence-electron chi connectivity index (χ2n) is 8.38. The van der Waals surface area contributed by atoms with E-state index in [0.717, 1.165) is 32.5 Å². The minimum atomic E-state index is -0.486. The maximum atomic E-state index is 13.1. The fraction of sp³-hybridized carbons (Fsp3) is 0.375. The molecular weight excluding hydrogens is 367 g/mol. The Kier molecular flexibility index (Phi) is 4.94. The molecular formula is C24H25FN2O2. The zero-order chi connectivity index (χ0) is 19.8. The van der Waals surface area contributed by atoms with Crippen molar-refractivity contribution in [3.8, 4) is 5.75 Å². The van der Waals surface area contributed by atoms with E-state index in [-0.39, 0.29) is 11.9 Å². The summed E-state index contributed by atoms with van der Waals surface area (Å²) in [6.07, 6.45) is 4.74. The third kappa shape index (κ3) is 3.85. The van der Waals surface area contributed by atoms with Crippen molar-refractivity contribution in [2.45, 2.75) is 31.6 Å². The summed E-state index contributed by atoms with van der Waals surface area (Å²) in [7, 11) is 0. The molecule has 2 heterocycles. The molecule has 5 heteroatoms. The number of rotatable bonds is 4. The van der Waals surface area contributed by atoms with Gasteiger partial charge in [0.2, 0.25) is 0 Å². The number of ether oxygens (including phenoxy) is 1. The molecule has 2 aliphatic rings. The van der Waals surface area contributed by atoms with Crippen molar-refractivity contribution in [1.82, 2.24) is 9.88 Å². The van der Waals surface area contributed by atoms with Gasteiger partial charge in [-0.25, -0.2) is 4.39 Å². The van der Waals surface area contributed by atoms with E-state index >= 15 is 0 Å². The van der Waals surface area contributed by atoms with Gasteiger partial charge < -0.3 is 9.84 Å². The summed E-state index contributed by atoms with van der Waals surface area (Å²) < 4.78 is 19.1. The van der Waals surface area contributed by atoms with Crippen LogP contribution in [0.2, 0.25) is 0 Å². The highest BCUT2D eigenvalue weighted by molar-refractivity contribution is 5.84. The lowest BCUT2D eigenvalue weighted by molar-refractivity contribution is -0.0231. The van der Waals surface area contributed by atoms with E-state index in [0.29, 0.717) is 17.6 Å². The topological polar surface area (TPSA) is 45.6 Å². The van der Waals surface area contributed by atoms with E-state index < -0.39 is 6.10 Å². The third-order valence-corrected chi connectivity index (χ3v) is 6.41. The molecule has 0 bridgehead atoms. The molecule has 29 heavy (non-hydrogen) atoms. The molecule has 0 spiro atoms. The highest BCUT2D eigenvalue weighted by Crippen LogP contribution is 2.38. The molecule has 5 rings (SSSR count). The monoisotopic (exact) mass is 392 g/mol. The Labute approximate surface area is 169 Å². The van der Waals surface area contributed by atoms with Crippen LogP contribution in [0.3, 0.4) is 0 Å². The first-order valence-electron chi connectivity index (χ1n) is 10.3. The molecule has 0 unspecified atom stereocenters. The van der Waals surface area contributed by atoms with Crippen LogP contribution in [0.25, 0.3) is 10.8 Å². The number of likely N-dealkylation sites (tertiary alicyclic amines) is 1. The highest BCUT2D eigenvalue weighted by atomic mass is 19.1. The lowest BCUT2D eigenvalue weighted by atomic mass is 9.78. The Balaban J connectivity index is 1.26. The van der Waals surface area contributed by atoms with E-state index in [2.05, 4.69) is 28.1 Å². The number of aliphatic hydroxyl groups excluding tert-OH is 1. The second kappa shape index (κ2) is 7.73. The summed E-state index contributed by atoms with van der Waals surface area (Å²) in [4.78, 5) is 6.89. The van der Waals surface area contributed by atoms with Crippen molar-refractivity contribution in [1.29, 1.82) is 0 Å². The number of halogens is 1. The van der Waals surface area contributed by atoms with Crippen LogP contribution in [0.1, 0.15) is 18.4 Å². The maximum Gasteiger partial charge on any atom is 0.125 e. The molecule has 1 aliphatic carbocycles. The Morgan fingerprint density at radius 1 is 1.00 bits per heavy atom. The van der Waals surface area contributed by atoms with Crippen LogP contribution >= 0.6 is 0 Å². The summed E-state index contributed by atoms with van der Waals surface area (Å²) in [5.74, 6) is 1.33. The largest absolute Gasteiger partial charge is 0.488 e. The molecule has 3 aromatic rings. The van der Waals surface area contributed by atoms with Gasteiger partial charge in [-0.3, -0.25) is 9.88 Å². The van der Waals surface area contributed by atoms with Crippen LogP contribution in [0.15, 0.2) is 60.9 Å². The number of aliphatic hydroxyl groups is 1. The molecule has 1 N–H and O–H groups in total. The van der Waals surface area contributed by atoms with Crippen molar-refractivity contribution in [2.75, 3.05) is 13.1 Å². The molecule has 0 radical (unpaired) electrons. The number of benzene rings is 2. The van der Waals surface area contributed by atoms with Crippen molar-refractivity contribution in [2.24, 2.45) is 11.8 Å². The summed E-state index contributed by atoms with van der Waals surface area (Å²) in [6, 6.07) is 14.4. The van der Waals surface area contributed by atoms with Crippen molar-refractivity contribution < 1.29 is 14.2 Å². The minimum absolute atomic E-state index is 0.235. The number of fused-ring (bicyclic) bond motifs is 2. The molecule has 1 aliphatic heterocycles. The second-order valence-corrected chi connectivity index (χ2v) is 8.38. The Hall–Kier alpha value is -2.50. The predicted molar refractivity (Wildman–Crippen MR) is 110 cm³/mol. The smallest absolute Gasteiger partial charge is 0.125 e. The van der Waals surface area contributed by atoms with Gasteiger partial charge in [-0.05, 0) is 59.9 Å². The first-order chi connectivity index (χ1) is 14.2. The quantitative estimate of drug-likeness (QED) is 0.728. The highest BCUT2D eigenvalue weighted by Gasteiger charge is 2.42. The molecule has 4 atom stereocenters. The van der Waals surface area contributed by atoms with Crippen molar-refractivity contribution in [3.63, 3.8) is 0 Å². The number of nitrogens with zero attached hydrogens (tertiary/aromatic N) is 2. The van der Waals surface area contributed by atoms with Gasteiger partial charge >= 0.3 is 0 Å². The zero-order valence-corrected chi connectivity index (χ0v) is 16.2. The van der Waals surface area contributed by atoms with E-state index in [1.165, 1.54) is 28.5 Å². The summed E-state index contributed by atoms with van der Waals surface area (Å²) >= 11 is 0. The van der Waals surface area contributed by atoms with Crippen LogP contribution in [-0.4, -0.2) is 40.3 Å². The van der Waals surface area contributed by atoms with Crippen LogP contribution in [-0.2, 0) is 6.54 Å². The first-order valence-corrected chi connectivity index (χ1v) is 10.3. The average Bonchev–Trinajstić information content (AvgIpc) is 3.11. The minimum Gasteiger partial charge on any atom is -0.488 e. The van der Waals surface area contributed by atoms with Gasteiger partial charge in [0.15, 0.2) is 0 Å². The van der Waals surface area contributed by atoms with Crippen LogP contribution in [0, 0.1) is 17.7 Å². The fourth-order valence-corrected chi connectivity index (χ4v) is 4.98. The maximum absolute atomic E-state index is 13.1. The average molecular weight is 392 g/mol. The Morgan fingerprint density at radius 2 is 1.76 bits per heavy atom. The zero-order valence-electron chi connectivity index (χ0n) is 16.2.